The molecule has 1 unspecified atom stereocenters. The number of hydrogen-bond donors (Lipinski definition) is 0. The quantitative estimate of drug-likeness (QED) is 0.779. The molecule has 0 saturated carbocycles. The molecule has 0 aliphatic heterocycles. The summed E-state index contributed by atoms with van der Waals surface area (Å²) in [6.45, 7) is 1.91. The number of carbonyl (C=O) groups is 1. The number of carbonyl (C=O) groups excluding carboxylic acids is 1. The Morgan fingerprint density at radius 3 is 2.62 bits per heavy atom. The molecule has 3 nitrogen and oxygen atoms in total. The van der Waals surface area contributed by atoms with Crippen LogP contribution >= 0.6 is 15.9 Å². The molecule has 0 spiro atoms. The second kappa shape index (κ2) is 6.55. The minimum absolute atomic E-state index is 0.234. The van der Waals surface area contributed by atoms with Gasteiger partial charge in [0.25, 0.3) is 0 Å². The average molecular weight is 344 g/mol. The Bertz CT molecular complexity index is 719. The number of ether oxygens (including phenoxy) is 1. The van der Waals surface area contributed by atoms with Crippen molar-refractivity contribution in [2.45, 2.75) is 12.8 Å². The maximum absolute atomic E-state index is 12.6. The first-order valence-corrected chi connectivity index (χ1v) is 7.20. The molecule has 0 heterocycles. The molecular weight excluding hydrogens is 330 g/mol. The molecule has 2 aromatic rings. The Labute approximate surface area is 132 Å². The predicted octanol–water partition coefficient (Wildman–Crippen LogP) is 4.26. The van der Waals surface area contributed by atoms with Crippen LogP contribution in [0.15, 0.2) is 46.9 Å². The zero-order chi connectivity index (χ0) is 15.4. The van der Waals surface area contributed by atoms with E-state index in [1.54, 1.807) is 25.3 Å². The number of nitriles is 1. The largest absolute Gasteiger partial charge is 0.496 e. The van der Waals surface area contributed by atoms with Gasteiger partial charge in [-0.3, -0.25) is 4.79 Å². The van der Waals surface area contributed by atoms with E-state index >= 15 is 0 Å². The molecule has 0 amide bonds. The molecule has 1 atom stereocenters. The number of benzene rings is 2. The number of hydrogen-bond acceptors (Lipinski definition) is 3. The Morgan fingerprint density at radius 2 is 2.00 bits per heavy atom. The van der Waals surface area contributed by atoms with Crippen molar-refractivity contribution in [2.24, 2.45) is 0 Å². The van der Waals surface area contributed by atoms with Crippen LogP contribution < -0.4 is 4.74 Å². The van der Waals surface area contributed by atoms with E-state index in [1.807, 2.05) is 31.2 Å². The van der Waals surface area contributed by atoms with Crippen molar-refractivity contribution < 1.29 is 9.53 Å². The molecule has 2 rings (SSSR count). The van der Waals surface area contributed by atoms with Crippen molar-refractivity contribution in [1.29, 1.82) is 5.26 Å². The van der Waals surface area contributed by atoms with Gasteiger partial charge in [0.05, 0.1) is 13.2 Å². The SMILES string of the molecule is COc1cc(C(=O)C(C#N)c2ccccc2Br)ccc1C. The molecule has 0 saturated heterocycles. The monoisotopic (exact) mass is 343 g/mol. The fourth-order valence-corrected chi connectivity index (χ4v) is 2.63. The average Bonchev–Trinajstić information content (AvgIpc) is 2.50. The lowest BCUT2D eigenvalue weighted by atomic mass is 9.91. The van der Waals surface area contributed by atoms with Crippen LogP contribution in [0.4, 0.5) is 0 Å². The molecule has 106 valence electrons. The third-order valence-corrected chi connectivity index (χ3v) is 4.02. The van der Waals surface area contributed by atoms with Crippen LogP contribution in [0.1, 0.15) is 27.4 Å². The van der Waals surface area contributed by atoms with Gasteiger partial charge in [0, 0.05) is 10.0 Å². The van der Waals surface area contributed by atoms with Crippen LogP contribution in [-0.2, 0) is 0 Å². The summed E-state index contributed by atoms with van der Waals surface area (Å²) in [6.07, 6.45) is 0. The second-order valence-electron chi connectivity index (χ2n) is 4.63. The lowest BCUT2D eigenvalue weighted by molar-refractivity contribution is 0.0978. The number of Topliss-reactive ketones (excluding diaryl/α,β-unsaturated/α-hetero) is 1. The third kappa shape index (κ3) is 3.14. The van der Waals surface area contributed by atoms with Crippen LogP contribution in [-0.4, -0.2) is 12.9 Å². The number of halogens is 1. The number of methoxy groups -OCH3 is 1. The summed E-state index contributed by atoms with van der Waals surface area (Å²) in [5, 5.41) is 9.39. The van der Waals surface area contributed by atoms with Crippen molar-refractivity contribution >= 4 is 21.7 Å². The van der Waals surface area contributed by atoms with E-state index in [1.165, 1.54) is 0 Å². The molecule has 0 aliphatic carbocycles. The molecule has 0 aliphatic rings. The van der Waals surface area contributed by atoms with Crippen LogP contribution in [0.2, 0.25) is 0 Å². The topological polar surface area (TPSA) is 50.1 Å². The zero-order valence-electron chi connectivity index (χ0n) is 11.8. The van der Waals surface area contributed by atoms with Crippen molar-refractivity contribution in [2.75, 3.05) is 7.11 Å². The van der Waals surface area contributed by atoms with Gasteiger partial charge in [-0.1, -0.05) is 46.3 Å². The lowest BCUT2D eigenvalue weighted by Gasteiger charge is -2.12. The summed E-state index contributed by atoms with van der Waals surface area (Å²) < 4.78 is 5.99. The van der Waals surface area contributed by atoms with Gasteiger partial charge in [0.1, 0.15) is 11.7 Å². The normalized spacial score (nSPS) is 11.5. The number of nitrogens with zero attached hydrogens (tertiary/aromatic N) is 1. The number of ketones is 1. The smallest absolute Gasteiger partial charge is 0.184 e. The van der Waals surface area contributed by atoms with E-state index < -0.39 is 5.92 Å². The summed E-state index contributed by atoms with van der Waals surface area (Å²) >= 11 is 3.39. The first-order chi connectivity index (χ1) is 10.1. The molecule has 0 bridgehead atoms. The Balaban J connectivity index is 2.43. The van der Waals surface area contributed by atoms with Crippen molar-refractivity contribution in [1.82, 2.24) is 0 Å². The van der Waals surface area contributed by atoms with Crippen LogP contribution in [0, 0.1) is 18.3 Å². The van der Waals surface area contributed by atoms with E-state index in [4.69, 9.17) is 4.74 Å². The third-order valence-electron chi connectivity index (χ3n) is 3.30. The molecule has 2 aromatic carbocycles. The van der Waals surface area contributed by atoms with E-state index in [0.717, 1.165) is 10.0 Å². The van der Waals surface area contributed by atoms with E-state index in [-0.39, 0.29) is 5.78 Å². The molecule has 21 heavy (non-hydrogen) atoms. The number of rotatable bonds is 4. The molecule has 0 N–H and O–H groups in total. The maximum Gasteiger partial charge on any atom is 0.184 e. The van der Waals surface area contributed by atoms with Gasteiger partial charge in [-0.25, -0.2) is 0 Å². The fourth-order valence-electron chi connectivity index (χ4n) is 2.12. The second-order valence-corrected chi connectivity index (χ2v) is 5.49. The fraction of sp³-hybridized carbons (Fsp3) is 0.176. The van der Waals surface area contributed by atoms with Crippen LogP contribution in [0.3, 0.4) is 0 Å². The summed E-state index contributed by atoms with van der Waals surface area (Å²) in [7, 11) is 1.56. The summed E-state index contributed by atoms with van der Waals surface area (Å²) in [4.78, 5) is 12.6. The molecule has 4 heteroatoms. The highest BCUT2D eigenvalue weighted by Gasteiger charge is 2.24. The molecule has 0 radical (unpaired) electrons. The lowest BCUT2D eigenvalue weighted by Crippen LogP contribution is -2.12. The summed E-state index contributed by atoms with van der Waals surface area (Å²) in [5.74, 6) is -0.430. The van der Waals surface area contributed by atoms with E-state index in [0.29, 0.717) is 16.9 Å². The first kappa shape index (κ1) is 15.3. The summed E-state index contributed by atoms with van der Waals surface area (Å²) in [6, 6.07) is 14.6. The van der Waals surface area contributed by atoms with Gasteiger partial charge in [0.15, 0.2) is 5.78 Å². The van der Waals surface area contributed by atoms with E-state index in [9.17, 15) is 10.1 Å². The summed E-state index contributed by atoms with van der Waals surface area (Å²) in [5.41, 5.74) is 2.09. The maximum atomic E-state index is 12.6. The predicted molar refractivity (Wildman–Crippen MR) is 84.6 cm³/mol. The van der Waals surface area contributed by atoms with Gasteiger partial charge in [-0.05, 0) is 30.2 Å². The van der Waals surface area contributed by atoms with Gasteiger partial charge in [-0.15, -0.1) is 0 Å². The Kier molecular flexibility index (Phi) is 4.77. The molecular formula is C17H14BrNO2. The van der Waals surface area contributed by atoms with Crippen molar-refractivity contribution in [3.63, 3.8) is 0 Å². The van der Waals surface area contributed by atoms with Gasteiger partial charge in [-0.2, -0.15) is 5.26 Å². The highest BCUT2D eigenvalue weighted by molar-refractivity contribution is 9.10. The Hall–Kier alpha value is -2.12. The first-order valence-electron chi connectivity index (χ1n) is 6.41. The highest BCUT2D eigenvalue weighted by atomic mass is 79.9. The minimum atomic E-state index is -0.840. The molecule has 0 aromatic heterocycles. The van der Waals surface area contributed by atoms with Crippen molar-refractivity contribution in [3.8, 4) is 11.8 Å². The van der Waals surface area contributed by atoms with Gasteiger partial charge >= 0.3 is 0 Å². The van der Waals surface area contributed by atoms with Gasteiger partial charge < -0.3 is 4.74 Å². The van der Waals surface area contributed by atoms with Crippen molar-refractivity contribution in [3.05, 3.63) is 63.6 Å². The Morgan fingerprint density at radius 1 is 1.29 bits per heavy atom. The number of aryl methyl sites for hydroxylation is 1. The van der Waals surface area contributed by atoms with E-state index in [2.05, 4.69) is 22.0 Å². The van der Waals surface area contributed by atoms with Crippen LogP contribution in [0.25, 0.3) is 0 Å². The van der Waals surface area contributed by atoms with Gasteiger partial charge in [0.2, 0.25) is 0 Å². The van der Waals surface area contributed by atoms with Crippen LogP contribution in [0.5, 0.6) is 5.75 Å². The highest BCUT2D eigenvalue weighted by Crippen LogP contribution is 2.29. The standard InChI is InChI=1S/C17H14BrNO2/c1-11-7-8-12(9-16(11)21-2)17(20)14(10-19)13-5-3-4-6-15(13)18/h3-9,14H,1-2H3. The molecule has 0 fully saturated rings. The minimum Gasteiger partial charge on any atom is -0.496 e. The zero-order valence-corrected chi connectivity index (χ0v) is 13.3.